The summed E-state index contributed by atoms with van der Waals surface area (Å²) >= 11 is 14.1. The summed E-state index contributed by atoms with van der Waals surface area (Å²) in [5.41, 5.74) is 4.74. The first-order valence-electron chi connectivity index (χ1n) is 7.93. The van der Waals surface area contributed by atoms with E-state index in [1.165, 1.54) is 11.3 Å². The molecule has 1 N–H and O–H groups in total. The number of hydrogen-bond donors (Lipinski definition) is 1. The fourth-order valence-electron chi connectivity index (χ4n) is 2.50. The number of nitrogens with zero attached hydrogens (tertiary/aromatic N) is 2. The molecule has 140 valence electrons. The molecule has 0 aliphatic carbocycles. The Balaban J connectivity index is 1.59. The number of fused-ring (bicyclic) bond motifs is 1. The van der Waals surface area contributed by atoms with Crippen LogP contribution in [0.25, 0.3) is 22.2 Å². The zero-order valence-electron chi connectivity index (χ0n) is 13.9. The lowest BCUT2D eigenvalue weighted by Gasteiger charge is -2.03. The molecular weight excluding hydrogens is 530 g/mol. The summed E-state index contributed by atoms with van der Waals surface area (Å²) in [5.74, 6) is 0. The molecule has 2 heterocycles. The second-order valence-electron chi connectivity index (χ2n) is 5.71. The van der Waals surface area contributed by atoms with Crippen molar-refractivity contribution in [2.45, 2.75) is 0 Å². The normalized spacial score (nSPS) is 11.4. The van der Waals surface area contributed by atoms with Crippen LogP contribution in [0.5, 0.6) is 0 Å². The maximum atomic E-state index is 12.4. The zero-order chi connectivity index (χ0) is 19.7. The fraction of sp³-hybridized carbons (Fsp3) is 0. The highest BCUT2D eigenvalue weighted by Crippen LogP contribution is 2.31. The molecule has 2 aromatic heterocycles. The molecule has 2 aromatic carbocycles. The van der Waals surface area contributed by atoms with Crippen LogP contribution in [-0.4, -0.2) is 11.2 Å². The molecule has 0 spiro atoms. The van der Waals surface area contributed by atoms with Crippen LogP contribution >= 0.6 is 54.8 Å². The van der Waals surface area contributed by atoms with Crippen LogP contribution in [0.4, 0.5) is 5.13 Å². The Kier molecular flexibility index (Phi) is 5.63. The van der Waals surface area contributed by atoms with Crippen molar-refractivity contribution >= 4 is 77.1 Å². The summed E-state index contributed by atoms with van der Waals surface area (Å²) in [6, 6.07) is 12.8. The van der Waals surface area contributed by atoms with Gasteiger partial charge in [0.05, 0.1) is 21.9 Å². The van der Waals surface area contributed by atoms with Crippen LogP contribution < -0.4 is 11.1 Å². The fourth-order valence-corrected chi connectivity index (χ4v) is 4.62. The van der Waals surface area contributed by atoms with E-state index in [1.54, 1.807) is 29.8 Å². The van der Waals surface area contributed by atoms with Crippen molar-refractivity contribution in [1.82, 2.24) is 4.98 Å². The number of hydrogen-bond acceptors (Lipinski definition) is 6. The minimum absolute atomic E-state index is 0.392. The molecule has 0 amide bonds. The van der Waals surface area contributed by atoms with Gasteiger partial charge in [-0.15, -0.1) is 11.3 Å². The van der Waals surface area contributed by atoms with E-state index in [1.807, 2.05) is 24.3 Å². The van der Waals surface area contributed by atoms with Crippen molar-refractivity contribution in [1.29, 1.82) is 0 Å². The Morgan fingerprint density at radius 1 is 1.18 bits per heavy atom. The highest BCUT2D eigenvalue weighted by atomic mass is 79.9. The average Bonchev–Trinajstić information content (AvgIpc) is 3.12. The highest BCUT2D eigenvalue weighted by Gasteiger charge is 2.13. The Bertz CT molecular complexity index is 1250. The molecule has 0 aliphatic heterocycles. The van der Waals surface area contributed by atoms with Crippen molar-refractivity contribution in [2.24, 2.45) is 5.10 Å². The van der Waals surface area contributed by atoms with E-state index in [2.05, 4.69) is 47.4 Å². The van der Waals surface area contributed by atoms with Gasteiger partial charge in [0, 0.05) is 20.3 Å². The standard InChI is InChI=1S/C19H10Br2ClN3O2S/c20-12-5-11-6-14(18(26)27-17(11)15(21)7-12)16-9-28-19(24-16)25-23-8-10-1-3-13(22)4-2-10/h1-9H,(H,24,25)/b23-8-. The topological polar surface area (TPSA) is 67.5 Å². The number of halogens is 3. The molecule has 0 radical (unpaired) electrons. The summed E-state index contributed by atoms with van der Waals surface area (Å²) in [5, 5.41) is 7.97. The van der Waals surface area contributed by atoms with E-state index in [4.69, 9.17) is 16.0 Å². The second-order valence-corrected chi connectivity index (χ2v) is 8.78. The van der Waals surface area contributed by atoms with Gasteiger partial charge >= 0.3 is 5.63 Å². The molecule has 0 aliphatic rings. The lowest BCUT2D eigenvalue weighted by molar-refractivity contribution is 0.561. The third kappa shape index (κ3) is 4.20. The molecule has 4 aromatic rings. The van der Waals surface area contributed by atoms with Crippen molar-refractivity contribution in [3.8, 4) is 11.3 Å². The quantitative estimate of drug-likeness (QED) is 0.182. The van der Waals surface area contributed by atoms with Crippen LogP contribution in [0, 0.1) is 0 Å². The number of nitrogens with one attached hydrogen (secondary N) is 1. The SMILES string of the molecule is O=c1oc2c(Br)cc(Br)cc2cc1-c1csc(N/N=C\c2ccc(Cl)cc2)n1. The number of aromatic nitrogens is 1. The van der Waals surface area contributed by atoms with Gasteiger partial charge in [-0.2, -0.15) is 5.10 Å². The zero-order valence-corrected chi connectivity index (χ0v) is 18.7. The highest BCUT2D eigenvalue weighted by molar-refractivity contribution is 9.11. The third-order valence-electron chi connectivity index (χ3n) is 3.78. The van der Waals surface area contributed by atoms with Gasteiger partial charge in [0.2, 0.25) is 5.13 Å². The Hall–Kier alpha value is -2.00. The Labute approximate surface area is 185 Å². The third-order valence-corrected chi connectivity index (χ3v) is 5.82. The van der Waals surface area contributed by atoms with E-state index in [0.717, 1.165) is 15.4 Å². The van der Waals surface area contributed by atoms with Crippen molar-refractivity contribution in [3.05, 3.63) is 77.8 Å². The number of anilines is 1. The van der Waals surface area contributed by atoms with Gasteiger partial charge in [0.1, 0.15) is 0 Å². The van der Waals surface area contributed by atoms with Crippen molar-refractivity contribution < 1.29 is 4.42 Å². The predicted molar refractivity (Wildman–Crippen MR) is 122 cm³/mol. The van der Waals surface area contributed by atoms with Crippen molar-refractivity contribution in [3.63, 3.8) is 0 Å². The molecule has 0 bridgehead atoms. The van der Waals surface area contributed by atoms with Crippen LogP contribution in [0.1, 0.15) is 5.56 Å². The Morgan fingerprint density at radius 3 is 2.75 bits per heavy atom. The number of benzene rings is 2. The van der Waals surface area contributed by atoms with E-state index in [9.17, 15) is 4.79 Å². The maximum Gasteiger partial charge on any atom is 0.345 e. The first kappa shape index (κ1) is 19.3. The van der Waals surface area contributed by atoms with Gasteiger partial charge in [0.15, 0.2) is 5.58 Å². The first-order valence-corrected chi connectivity index (χ1v) is 10.8. The molecule has 0 saturated heterocycles. The predicted octanol–water partition coefficient (Wildman–Crippen LogP) is 6.54. The summed E-state index contributed by atoms with van der Waals surface area (Å²) in [4.78, 5) is 16.8. The summed E-state index contributed by atoms with van der Waals surface area (Å²) in [6.45, 7) is 0. The van der Waals surface area contributed by atoms with E-state index in [0.29, 0.717) is 31.5 Å². The monoisotopic (exact) mass is 537 g/mol. The van der Waals surface area contributed by atoms with Crippen molar-refractivity contribution in [2.75, 3.05) is 5.43 Å². The lowest BCUT2D eigenvalue weighted by Crippen LogP contribution is -2.03. The van der Waals surface area contributed by atoms with Crippen LogP contribution in [0.2, 0.25) is 5.02 Å². The van der Waals surface area contributed by atoms with E-state index < -0.39 is 5.63 Å². The smallest absolute Gasteiger partial charge is 0.345 e. The van der Waals surface area contributed by atoms with E-state index >= 15 is 0 Å². The Morgan fingerprint density at radius 2 is 1.96 bits per heavy atom. The molecular formula is C19H10Br2ClN3O2S. The second kappa shape index (κ2) is 8.16. The van der Waals surface area contributed by atoms with Gasteiger partial charge in [0.25, 0.3) is 0 Å². The molecule has 4 rings (SSSR count). The maximum absolute atomic E-state index is 12.4. The molecule has 0 unspecified atom stereocenters. The minimum Gasteiger partial charge on any atom is -0.421 e. The van der Waals surface area contributed by atoms with Gasteiger partial charge in [-0.25, -0.2) is 9.78 Å². The van der Waals surface area contributed by atoms with Crippen LogP contribution in [-0.2, 0) is 0 Å². The molecule has 5 nitrogen and oxygen atoms in total. The van der Waals surface area contributed by atoms with Crippen LogP contribution in [0.15, 0.2) is 71.1 Å². The number of thiazole rings is 1. The molecule has 28 heavy (non-hydrogen) atoms. The van der Waals surface area contributed by atoms with E-state index in [-0.39, 0.29) is 0 Å². The van der Waals surface area contributed by atoms with Gasteiger partial charge < -0.3 is 4.42 Å². The lowest BCUT2D eigenvalue weighted by atomic mass is 10.1. The van der Waals surface area contributed by atoms with Gasteiger partial charge in [-0.1, -0.05) is 39.7 Å². The van der Waals surface area contributed by atoms with Gasteiger partial charge in [-0.3, -0.25) is 5.43 Å². The molecule has 9 heteroatoms. The minimum atomic E-state index is -0.447. The first-order chi connectivity index (χ1) is 13.5. The van der Waals surface area contributed by atoms with Crippen LogP contribution in [0.3, 0.4) is 0 Å². The summed E-state index contributed by atoms with van der Waals surface area (Å²) in [7, 11) is 0. The number of hydrazone groups is 1. The molecule has 0 fully saturated rings. The molecule has 0 atom stereocenters. The van der Waals surface area contributed by atoms with Gasteiger partial charge in [-0.05, 0) is 51.8 Å². The molecule has 0 saturated carbocycles. The summed E-state index contributed by atoms with van der Waals surface area (Å²) < 4.78 is 7.06. The summed E-state index contributed by atoms with van der Waals surface area (Å²) in [6.07, 6.45) is 1.66. The largest absolute Gasteiger partial charge is 0.421 e. The number of rotatable bonds is 4. The average molecular weight is 540 g/mol.